The molecule has 3 aromatic heterocycles. The molecule has 0 amide bonds. The number of fused-ring (bicyclic) bond motifs is 4. The first-order valence-corrected chi connectivity index (χ1v) is 9.91. The summed E-state index contributed by atoms with van der Waals surface area (Å²) in [4.78, 5) is 23.3. The van der Waals surface area contributed by atoms with E-state index in [9.17, 15) is 4.79 Å². The summed E-state index contributed by atoms with van der Waals surface area (Å²) in [6.45, 7) is 3.78. The standard InChI is InChI=1S/C21H18N2O3S/c1-11-9-18(24)26-16-10-13(7-8-14(11)16)25-20-19-15-5-3-4-6-17(15)27-21(19)23-12(2)22-20/h7-10H,3-6H2,1-2H3. The van der Waals surface area contributed by atoms with Gasteiger partial charge in [0.1, 0.15) is 22.0 Å². The lowest BCUT2D eigenvalue weighted by Crippen LogP contribution is -2.00. The maximum Gasteiger partial charge on any atom is 0.336 e. The molecule has 5 rings (SSSR count). The van der Waals surface area contributed by atoms with E-state index in [0.29, 0.717) is 23.0 Å². The van der Waals surface area contributed by atoms with Crippen LogP contribution < -0.4 is 10.4 Å². The van der Waals surface area contributed by atoms with Gasteiger partial charge in [-0.15, -0.1) is 11.3 Å². The van der Waals surface area contributed by atoms with Gasteiger partial charge in [0.25, 0.3) is 0 Å². The van der Waals surface area contributed by atoms with Crippen molar-refractivity contribution in [2.45, 2.75) is 39.5 Å². The maximum atomic E-state index is 11.7. The van der Waals surface area contributed by atoms with Crippen LogP contribution in [-0.2, 0) is 12.8 Å². The third kappa shape index (κ3) is 2.80. The number of aryl methyl sites for hydroxylation is 4. The lowest BCUT2D eigenvalue weighted by atomic mass is 9.97. The van der Waals surface area contributed by atoms with Gasteiger partial charge >= 0.3 is 5.63 Å². The molecule has 0 N–H and O–H groups in total. The van der Waals surface area contributed by atoms with Crippen LogP contribution in [0.1, 0.15) is 34.7 Å². The van der Waals surface area contributed by atoms with Gasteiger partial charge < -0.3 is 9.15 Å². The van der Waals surface area contributed by atoms with Crippen molar-refractivity contribution in [3.8, 4) is 11.6 Å². The molecule has 5 nitrogen and oxygen atoms in total. The third-order valence-corrected chi connectivity index (χ3v) is 6.22. The number of nitrogens with zero attached hydrogens (tertiary/aromatic N) is 2. The van der Waals surface area contributed by atoms with Crippen LogP contribution in [0.3, 0.4) is 0 Å². The average Bonchev–Trinajstić information content (AvgIpc) is 2.99. The Hall–Kier alpha value is -2.73. The molecule has 0 unspecified atom stereocenters. The van der Waals surface area contributed by atoms with Gasteiger partial charge in [-0.1, -0.05) is 0 Å². The van der Waals surface area contributed by atoms with Gasteiger partial charge in [-0.2, -0.15) is 4.98 Å². The van der Waals surface area contributed by atoms with Crippen molar-refractivity contribution >= 4 is 32.5 Å². The molecule has 1 aromatic carbocycles. The van der Waals surface area contributed by atoms with E-state index in [4.69, 9.17) is 9.15 Å². The molecular weight excluding hydrogens is 360 g/mol. The molecular formula is C21H18N2O3S. The van der Waals surface area contributed by atoms with E-state index in [1.807, 2.05) is 26.0 Å². The number of hydrogen-bond acceptors (Lipinski definition) is 6. The minimum Gasteiger partial charge on any atom is -0.438 e. The highest BCUT2D eigenvalue weighted by Gasteiger charge is 2.22. The first-order chi connectivity index (χ1) is 13.1. The SMILES string of the molecule is Cc1nc(Oc2ccc3c(C)cc(=O)oc3c2)c2c3c(sc2n1)CCCC3. The highest BCUT2D eigenvalue weighted by atomic mass is 32.1. The lowest BCUT2D eigenvalue weighted by Gasteiger charge is -2.12. The molecule has 0 saturated carbocycles. The van der Waals surface area contributed by atoms with E-state index in [0.717, 1.165) is 34.0 Å². The molecule has 0 saturated heterocycles. The van der Waals surface area contributed by atoms with Crippen LogP contribution in [0.4, 0.5) is 0 Å². The van der Waals surface area contributed by atoms with E-state index in [1.165, 1.54) is 29.3 Å². The van der Waals surface area contributed by atoms with E-state index >= 15 is 0 Å². The highest BCUT2D eigenvalue weighted by molar-refractivity contribution is 7.18. The Morgan fingerprint density at radius 2 is 1.96 bits per heavy atom. The van der Waals surface area contributed by atoms with Gasteiger partial charge in [0.2, 0.25) is 5.88 Å². The van der Waals surface area contributed by atoms with Crippen molar-refractivity contribution in [3.05, 3.63) is 56.5 Å². The second-order valence-corrected chi connectivity index (χ2v) is 8.06. The van der Waals surface area contributed by atoms with Crippen molar-refractivity contribution < 1.29 is 9.15 Å². The number of hydrogen-bond donors (Lipinski definition) is 0. The van der Waals surface area contributed by atoms with Crippen molar-refractivity contribution in [3.63, 3.8) is 0 Å². The van der Waals surface area contributed by atoms with Gasteiger partial charge in [0.05, 0.1) is 5.39 Å². The van der Waals surface area contributed by atoms with E-state index in [2.05, 4.69) is 9.97 Å². The summed E-state index contributed by atoms with van der Waals surface area (Å²) >= 11 is 1.75. The Morgan fingerprint density at radius 1 is 1.11 bits per heavy atom. The van der Waals surface area contributed by atoms with Crippen LogP contribution in [0.2, 0.25) is 0 Å². The predicted octanol–water partition coefficient (Wildman–Crippen LogP) is 5.09. The molecule has 0 radical (unpaired) electrons. The smallest absolute Gasteiger partial charge is 0.336 e. The first-order valence-electron chi connectivity index (χ1n) is 9.10. The zero-order valence-electron chi connectivity index (χ0n) is 15.2. The van der Waals surface area contributed by atoms with Crippen LogP contribution in [-0.4, -0.2) is 9.97 Å². The monoisotopic (exact) mass is 378 g/mol. The Labute approximate surface area is 159 Å². The zero-order chi connectivity index (χ0) is 18.5. The minimum absolute atomic E-state index is 0.357. The number of benzene rings is 1. The van der Waals surface area contributed by atoms with Gasteiger partial charge in [0.15, 0.2) is 0 Å². The van der Waals surface area contributed by atoms with Gasteiger partial charge in [-0.25, -0.2) is 9.78 Å². The second-order valence-electron chi connectivity index (χ2n) is 6.98. The molecule has 1 aliphatic carbocycles. The Morgan fingerprint density at radius 3 is 2.85 bits per heavy atom. The van der Waals surface area contributed by atoms with Gasteiger partial charge in [-0.3, -0.25) is 0 Å². The predicted molar refractivity (Wildman–Crippen MR) is 106 cm³/mol. The Bertz CT molecular complexity index is 1260. The van der Waals surface area contributed by atoms with Crippen LogP contribution >= 0.6 is 11.3 Å². The number of thiophene rings is 1. The molecule has 136 valence electrons. The summed E-state index contributed by atoms with van der Waals surface area (Å²) in [5.41, 5.74) is 2.38. The minimum atomic E-state index is -0.357. The molecule has 4 aromatic rings. The normalized spacial score (nSPS) is 13.9. The number of rotatable bonds is 2. The van der Waals surface area contributed by atoms with Crippen molar-refractivity contribution in [1.29, 1.82) is 0 Å². The topological polar surface area (TPSA) is 65.2 Å². The molecule has 0 spiro atoms. The van der Waals surface area contributed by atoms with E-state index < -0.39 is 0 Å². The largest absolute Gasteiger partial charge is 0.438 e. The molecule has 1 aliphatic rings. The van der Waals surface area contributed by atoms with Crippen LogP contribution in [0, 0.1) is 13.8 Å². The van der Waals surface area contributed by atoms with Crippen LogP contribution in [0.15, 0.2) is 33.5 Å². The quantitative estimate of drug-likeness (QED) is 0.455. The van der Waals surface area contributed by atoms with E-state index in [1.54, 1.807) is 17.4 Å². The molecule has 3 heterocycles. The van der Waals surface area contributed by atoms with Gasteiger partial charge in [-0.05, 0) is 62.8 Å². The summed E-state index contributed by atoms with van der Waals surface area (Å²) in [5, 5.41) is 1.94. The average molecular weight is 378 g/mol. The maximum absolute atomic E-state index is 11.7. The Kier molecular flexibility index (Phi) is 3.75. The molecule has 0 bridgehead atoms. The fourth-order valence-corrected chi connectivity index (χ4v) is 5.08. The third-order valence-electron chi connectivity index (χ3n) is 5.03. The number of ether oxygens (including phenoxy) is 1. The number of aromatic nitrogens is 2. The molecule has 0 atom stereocenters. The van der Waals surface area contributed by atoms with Crippen molar-refractivity contribution in [2.75, 3.05) is 0 Å². The second kappa shape index (κ2) is 6.16. The molecule has 6 heteroatoms. The fraction of sp³-hybridized carbons (Fsp3) is 0.286. The lowest BCUT2D eigenvalue weighted by molar-refractivity contribution is 0.464. The van der Waals surface area contributed by atoms with Crippen molar-refractivity contribution in [2.24, 2.45) is 0 Å². The molecule has 0 aliphatic heterocycles. The summed E-state index contributed by atoms with van der Waals surface area (Å²) in [6, 6.07) is 7.05. The van der Waals surface area contributed by atoms with Crippen LogP contribution in [0.5, 0.6) is 11.6 Å². The summed E-state index contributed by atoms with van der Waals surface area (Å²) in [7, 11) is 0. The van der Waals surface area contributed by atoms with E-state index in [-0.39, 0.29) is 5.63 Å². The van der Waals surface area contributed by atoms with Crippen molar-refractivity contribution in [1.82, 2.24) is 9.97 Å². The fourth-order valence-electron chi connectivity index (χ4n) is 3.78. The molecule has 0 fully saturated rings. The molecule has 27 heavy (non-hydrogen) atoms. The van der Waals surface area contributed by atoms with Crippen LogP contribution in [0.25, 0.3) is 21.2 Å². The Balaban J connectivity index is 1.65. The summed E-state index contributed by atoms with van der Waals surface area (Å²) in [6.07, 6.45) is 4.57. The van der Waals surface area contributed by atoms with Gasteiger partial charge in [0, 0.05) is 22.4 Å². The zero-order valence-corrected chi connectivity index (χ0v) is 16.0. The summed E-state index contributed by atoms with van der Waals surface area (Å²) < 4.78 is 11.5. The highest BCUT2D eigenvalue weighted by Crippen LogP contribution is 2.40. The first kappa shape index (κ1) is 16.4. The summed E-state index contributed by atoms with van der Waals surface area (Å²) in [5.74, 6) is 1.89.